The minimum Gasteiger partial charge on any atom is -0.288 e. The molecule has 3 nitrogen and oxygen atoms in total. The Morgan fingerprint density at radius 1 is 1.69 bits per heavy atom. The molecule has 4 heteroatoms. The van der Waals surface area contributed by atoms with E-state index in [1.54, 1.807) is 24.4 Å². The molecule has 1 aliphatic rings. The Balaban J connectivity index is 2.83. The molecule has 0 aromatic carbocycles. The summed E-state index contributed by atoms with van der Waals surface area (Å²) in [6, 6.07) is 3.63. The zero-order chi connectivity index (χ0) is 11.7. The highest BCUT2D eigenvalue weighted by Gasteiger charge is 2.32. The number of thiophene rings is 1. The van der Waals surface area contributed by atoms with Gasteiger partial charge in [-0.05, 0) is 23.9 Å². The number of ketones is 1. The highest BCUT2D eigenvalue weighted by molar-refractivity contribution is 7.13. The smallest absolute Gasteiger partial charge is 0.270 e. The van der Waals surface area contributed by atoms with Crippen molar-refractivity contribution in [3.63, 3.8) is 0 Å². The fourth-order valence-corrected chi connectivity index (χ4v) is 2.58. The van der Waals surface area contributed by atoms with E-state index < -0.39 is 0 Å². The second kappa shape index (κ2) is 3.77. The Hall–Kier alpha value is -2.17. The quantitative estimate of drug-likeness (QED) is 0.387. The summed E-state index contributed by atoms with van der Waals surface area (Å²) in [5.74, 6) is -0.0844. The van der Waals surface area contributed by atoms with E-state index in [1.807, 2.05) is 6.07 Å². The van der Waals surface area contributed by atoms with Gasteiger partial charge in [-0.3, -0.25) is 4.79 Å². The van der Waals surface area contributed by atoms with Crippen molar-refractivity contribution in [1.29, 1.82) is 5.26 Å². The average molecular weight is 226 g/mol. The fraction of sp³-hybridized carbons (Fsp3) is 0.0833. The summed E-state index contributed by atoms with van der Waals surface area (Å²) < 4.78 is 0. The van der Waals surface area contributed by atoms with Crippen LogP contribution >= 0.6 is 11.3 Å². The lowest BCUT2D eigenvalue weighted by molar-refractivity contribution is 0.104. The molecule has 2 rings (SSSR count). The van der Waals surface area contributed by atoms with E-state index in [0.717, 1.165) is 5.56 Å². The van der Waals surface area contributed by atoms with Gasteiger partial charge in [-0.15, -0.1) is 11.3 Å². The van der Waals surface area contributed by atoms with E-state index in [0.29, 0.717) is 16.0 Å². The summed E-state index contributed by atoms with van der Waals surface area (Å²) in [6.45, 7) is 8.70. The lowest BCUT2D eigenvalue weighted by Crippen LogP contribution is -1.93. The number of carbonyl (C=O) groups is 1. The third-order valence-corrected chi connectivity index (χ3v) is 3.31. The van der Waals surface area contributed by atoms with E-state index in [4.69, 9.17) is 11.8 Å². The van der Waals surface area contributed by atoms with Gasteiger partial charge in [0.2, 0.25) is 5.78 Å². The maximum absolute atomic E-state index is 11.9. The number of carbonyl (C=O) groups excluding carboxylic acids is 1. The van der Waals surface area contributed by atoms with Crippen LogP contribution in [0.25, 0.3) is 10.4 Å². The van der Waals surface area contributed by atoms with E-state index >= 15 is 0 Å². The van der Waals surface area contributed by atoms with Gasteiger partial charge in [-0.1, -0.05) is 6.08 Å². The number of fused-ring (bicyclic) bond motifs is 1. The monoisotopic (exact) mass is 226 g/mol. The summed E-state index contributed by atoms with van der Waals surface area (Å²) in [7, 11) is 0. The van der Waals surface area contributed by atoms with Crippen molar-refractivity contribution in [2.24, 2.45) is 0 Å². The van der Waals surface area contributed by atoms with E-state index in [9.17, 15) is 4.79 Å². The van der Waals surface area contributed by atoms with Crippen LogP contribution in [-0.2, 0) is 0 Å². The van der Waals surface area contributed by atoms with Crippen LogP contribution in [0, 0.1) is 17.9 Å². The van der Waals surface area contributed by atoms with Gasteiger partial charge < -0.3 is 0 Å². The zero-order valence-corrected chi connectivity index (χ0v) is 9.26. The highest BCUT2D eigenvalue weighted by atomic mass is 32.1. The topological polar surface area (TPSA) is 45.2 Å². The summed E-state index contributed by atoms with van der Waals surface area (Å²) in [5, 5.41) is 10.7. The number of allylic oxidation sites excluding steroid dienone is 4. The van der Waals surface area contributed by atoms with Gasteiger partial charge in [0, 0.05) is 11.1 Å². The van der Waals surface area contributed by atoms with E-state index in [2.05, 4.69) is 4.85 Å². The van der Waals surface area contributed by atoms with Crippen molar-refractivity contribution in [3.05, 3.63) is 50.7 Å². The Labute approximate surface area is 96.8 Å². The molecule has 0 amide bonds. The Morgan fingerprint density at radius 3 is 3.00 bits per heavy atom. The number of hydrogen-bond acceptors (Lipinski definition) is 3. The number of nitrogens with zero attached hydrogens (tertiary/aromatic N) is 2. The molecule has 0 aliphatic heterocycles. The molecule has 0 spiro atoms. The summed E-state index contributed by atoms with van der Waals surface area (Å²) >= 11 is 1.34. The Kier molecular flexibility index (Phi) is 2.44. The molecular weight excluding hydrogens is 220 g/mol. The van der Waals surface area contributed by atoms with Crippen molar-refractivity contribution >= 4 is 22.7 Å². The van der Waals surface area contributed by atoms with Crippen molar-refractivity contribution < 1.29 is 4.79 Å². The third-order valence-electron chi connectivity index (χ3n) is 2.40. The van der Waals surface area contributed by atoms with Crippen LogP contribution in [0.2, 0.25) is 0 Å². The maximum Gasteiger partial charge on any atom is 0.270 e. The molecule has 1 aromatic rings. The Morgan fingerprint density at radius 2 is 2.44 bits per heavy atom. The fourth-order valence-electron chi connectivity index (χ4n) is 1.73. The molecule has 1 aromatic heterocycles. The van der Waals surface area contributed by atoms with Crippen molar-refractivity contribution in [2.75, 3.05) is 0 Å². The normalized spacial score (nSPS) is 19.2. The van der Waals surface area contributed by atoms with Crippen LogP contribution in [0.3, 0.4) is 0 Å². The first-order valence-corrected chi connectivity index (χ1v) is 5.43. The van der Waals surface area contributed by atoms with Crippen molar-refractivity contribution in [1.82, 2.24) is 0 Å². The predicted octanol–water partition coefficient (Wildman–Crippen LogP) is 3.04. The summed E-state index contributed by atoms with van der Waals surface area (Å²) in [4.78, 5) is 15.7. The highest BCUT2D eigenvalue weighted by Crippen LogP contribution is 2.41. The van der Waals surface area contributed by atoms with Crippen LogP contribution in [0.4, 0.5) is 0 Å². The maximum atomic E-state index is 11.9. The minimum absolute atomic E-state index is 0.0152. The van der Waals surface area contributed by atoms with Crippen LogP contribution in [-0.4, -0.2) is 5.78 Å². The molecule has 0 unspecified atom stereocenters. The molecule has 0 atom stereocenters. The number of nitriles is 1. The second-order valence-corrected chi connectivity index (χ2v) is 4.06. The van der Waals surface area contributed by atoms with Crippen LogP contribution in [0.15, 0.2) is 28.8 Å². The Bertz CT molecular complexity index is 604. The first-order chi connectivity index (χ1) is 7.74. The third kappa shape index (κ3) is 1.21. The molecule has 16 heavy (non-hydrogen) atoms. The standard InChI is InChI=1S/C12H6N2OS/c1-3-7-10(9(6-13)14-2)8-4-5-16-12(8)11(7)15/h3-5H,1H3/b7-3-,10-9?. The van der Waals surface area contributed by atoms with Gasteiger partial charge >= 0.3 is 0 Å². The molecule has 0 bridgehead atoms. The predicted molar refractivity (Wildman–Crippen MR) is 61.5 cm³/mol. The number of rotatable bonds is 0. The first-order valence-electron chi connectivity index (χ1n) is 4.55. The molecular formula is C12H6N2OS. The molecule has 0 fully saturated rings. The van der Waals surface area contributed by atoms with E-state index in [1.165, 1.54) is 11.3 Å². The summed E-state index contributed by atoms with van der Waals surface area (Å²) in [6.07, 6.45) is 1.66. The van der Waals surface area contributed by atoms with Crippen molar-refractivity contribution in [2.45, 2.75) is 6.92 Å². The average Bonchev–Trinajstić information content (AvgIpc) is 2.85. The molecule has 0 saturated carbocycles. The molecule has 0 saturated heterocycles. The van der Waals surface area contributed by atoms with Gasteiger partial charge in [0.05, 0.1) is 17.5 Å². The lowest BCUT2D eigenvalue weighted by Gasteiger charge is -1.98. The largest absolute Gasteiger partial charge is 0.288 e. The first kappa shape index (κ1) is 10.4. The molecule has 0 N–H and O–H groups in total. The lowest BCUT2D eigenvalue weighted by atomic mass is 10.0. The van der Waals surface area contributed by atoms with E-state index in [-0.39, 0.29) is 11.5 Å². The minimum atomic E-state index is -0.0844. The molecule has 0 radical (unpaired) electrons. The second-order valence-electron chi connectivity index (χ2n) is 3.14. The van der Waals surface area contributed by atoms with Crippen LogP contribution in [0.1, 0.15) is 22.2 Å². The zero-order valence-electron chi connectivity index (χ0n) is 8.44. The summed E-state index contributed by atoms with van der Waals surface area (Å²) in [5.41, 5.74) is 1.66. The van der Waals surface area contributed by atoms with Crippen LogP contribution < -0.4 is 0 Å². The van der Waals surface area contributed by atoms with Crippen molar-refractivity contribution in [3.8, 4) is 6.07 Å². The number of hydrogen-bond donors (Lipinski definition) is 0. The molecule has 1 heterocycles. The molecule has 1 aliphatic carbocycles. The SMILES string of the molecule is [C-]#[N+]C(C#N)=C1/C(=C/C)C(=O)c2sccc21. The number of Topliss-reactive ketones (excluding diaryl/α,β-unsaturated/α-hetero) is 1. The van der Waals surface area contributed by atoms with Crippen LogP contribution in [0.5, 0.6) is 0 Å². The van der Waals surface area contributed by atoms with Gasteiger partial charge in [0.1, 0.15) is 0 Å². The molecule has 76 valence electrons. The van der Waals surface area contributed by atoms with Gasteiger partial charge in [-0.2, -0.15) is 0 Å². The van der Waals surface area contributed by atoms with Gasteiger partial charge in [-0.25, -0.2) is 10.1 Å². The van der Waals surface area contributed by atoms with Gasteiger partial charge in [0.15, 0.2) is 0 Å². The van der Waals surface area contributed by atoms with Gasteiger partial charge in [0.25, 0.3) is 5.70 Å².